The summed E-state index contributed by atoms with van der Waals surface area (Å²) in [5.74, 6) is -0.129. The van der Waals surface area contributed by atoms with Crippen LogP contribution in [0, 0.1) is 0 Å². The Labute approximate surface area is 164 Å². The summed E-state index contributed by atoms with van der Waals surface area (Å²) in [5.41, 5.74) is 2.15. The summed E-state index contributed by atoms with van der Waals surface area (Å²) in [7, 11) is 0. The Morgan fingerprint density at radius 1 is 0.964 bits per heavy atom. The maximum absolute atomic E-state index is 12.5. The van der Waals surface area contributed by atoms with E-state index in [0.29, 0.717) is 30.8 Å². The number of nitrogens with one attached hydrogen (secondary N) is 1. The van der Waals surface area contributed by atoms with Gasteiger partial charge in [-0.2, -0.15) is 0 Å². The van der Waals surface area contributed by atoms with Gasteiger partial charge in [0.2, 0.25) is 0 Å². The van der Waals surface area contributed by atoms with Crippen LogP contribution in [0.25, 0.3) is 0 Å². The average molecular weight is 377 g/mol. The molecular weight excluding hydrogens is 354 g/mol. The minimum atomic E-state index is -0.202. The second kappa shape index (κ2) is 8.25. The number of oxime groups is 1. The number of piperidine rings is 1. The molecule has 0 unspecified atom stereocenters. The van der Waals surface area contributed by atoms with E-state index in [0.717, 1.165) is 18.4 Å². The maximum Gasteiger partial charge on any atom is 0.269 e. The summed E-state index contributed by atoms with van der Waals surface area (Å²) < 4.78 is 0. The molecule has 6 heteroatoms. The lowest BCUT2D eigenvalue weighted by Crippen LogP contribution is -2.47. The van der Waals surface area contributed by atoms with Crippen molar-refractivity contribution >= 4 is 17.5 Å². The lowest BCUT2D eigenvalue weighted by molar-refractivity contribution is -0.115. The van der Waals surface area contributed by atoms with Crippen molar-refractivity contribution in [1.29, 1.82) is 0 Å². The molecule has 0 aromatic heterocycles. The van der Waals surface area contributed by atoms with Crippen LogP contribution in [0.5, 0.6) is 0 Å². The van der Waals surface area contributed by atoms with Crippen molar-refractivity contribution in [1.82, 2.24) is 10.2 Å². The Kier molecular flexibility index (Phi) is 5.37. The highest BCUT2D eigenvalue weighted by molar-refractivity contribution is 6.39. The molecule has 144 valence electrons. The molecule has 2 aromatic rings. The van der Waals surface area contributed by atoms with Gasteiger partial charge in [-0.25, -0.2) is 0 Å². The van der Waals surface area contributed by atoms with E-state index in [4.69, 9.17) is 4.84 Å². The SMILES string of the molecule is O=C(NC1CCN(C(=O)c2ccccc2)CC1)C1=NO[C@H](c2ccccc2)C1. The van der Waals surface area contributed by atoms with Crippen LogP contribution >= 0.6 is 0 Å². The van der Waals surface area contributed by atoms with E-state index in [9.17, 15) is 9.59 Å². The Balaban J connectivity index is 1.26. The number of rotatable bonds is 4. The first-order valence-corrected chi connectivity index (χ1v) is 9.63. The van der Waals surface area contributed by atoms with Crippen molar-refractivity contribution < 1.29 is 14.4 Å². The topological polar surface area (TPSA) is 71.0 Å². The van der Waals surface area contributed by atoms with Gasteiger partial charge in [-0.1, -0.05) is 53.7 Å². The Bertz CT molecular complexity index is 859. The number of carbonyl (C=O) groups excluding carboxylic acids is 2. The van der Waals surface area contributed by atoms with Gasteiger partial charge in [0.25, 0.3) is 11.8 Å². The fourth-order valence-corrected chi connectivity index (χ4v) is 3.62. The fourth-order valence-electron chi connectivity index (χ4n) is 3.62. The number of carbonyl (C=O) groups is 2. The van der Waals surface area contributed by atoms with Gasteiger partial charge in [-0.3, -0.25) is 9.59 Å². The van der Waals surface area contributed by atoms with Crippen LogP contribution in [0.15, 0.2) is 65.8 Å². The molecule has 4 rings (SSSR count). The van der Waals surface area contributed by atoms with Crippen molar-refractivity contribution in [2.75, 3.05) is 13.1 Å². The number of amides is 2. The third-order valence-electron chi connectivity index (χ3n) is 5.24. The average Bonchev–Trinajstić information content (AvgIpc) is 3.26. The molecular formula is C22H23N3O3. The monoisotopic (exact) mass is 377 g/mol. The van der Waals surface area contributed by atoms with E-state index in [1.807, 2.05) is 65.6 Å². The minimum Gasteiger partial charge on any atom is -0.387 e. The highest BCUT2D eigenvalue weighted by atomic mass is 16.6. The first-order valence-electron chi connectivity index (χ1n) is 9.63. The van der Waals surface area contributed by atoms with Gasteiger partial charge >= 0.3 is 0 Å². The second-order valence-corrected chi connectivity index (χ2v) is 7.15. The molecule has 1 fully saturated rings. The van der Waals surface area contributed by atoms with Crippen LogP contribution in [0.1, 0.15) is 41.3 Å². The summed E-state index contributed by atoms with van der Waals surface area (Å²) in [6.07, 6.45) is 1.75. The Morgan fingerprint density at radius 3 is 2.29 bits per heavy atom. The van der Waals surface area contributed by atoms with E-state index < -0.39 is 0 Å². The summed E-state index contributed by atoms with van der Waals surface area (Å²) >= 11 is 0. The molecule has 2 aromatic carbocycles. The van der Waals surface area contributed by atoms with Crippen molar-refractivity contribution in [3.63, 3.8) is 0 Å². The summed E-state index contributed by atoms with van der Waals surface area (Å²) in [6, 6.07) is 19.1. The third-order valence-corrected chi connectivity index (χ3v) is 5.24. The van der Waals surface area contributed by atoms with E-state index in [1.165, 1.54) is 0 Å². The molecule has 2 aliphatic heterocycles. The van der Waals surface area contributed by atoms with Gasteiger partial charge in [0, 0.05) is 31.1 Å². The third kappa shape index (κ3) is 4.06. The molecule has 1 atom stereocenters. The molecule has 6 nitrogen and oxygen atoms in total. The summed E-state index contributed by atoms with van der Waals surface area (Å²) in [5, 5.41) is 7.03. The summed E-state index contributed by atoms with van der Waals surface area (Å²) in [4.78, 5) is 32.3. The highest BCUT2D eigenvalue weighted by Crippen LogP contribution is 2.27. The number of benzene rings is 2. The largest absolute Gasteiger partial charge is 0.387 e. The van der Waals surface area contributed by atoms with E-state index in [-0.39, 0.29) is 24.0 Å². The number of likely N-dealkylation sites (tertiary alicyclic amines) is 1. The van der Waals surface area contributed by atoms with Crippen LogP contribution in [-0.2, 0) is 9.63 Å². The van der Waals surface area contributed by atoms with Crippen LogP contribution in [-0.4, -0.2) is 41.6 Å². The van der Waals surface area contributed by atoms with Crippen molar-refractivity contribution in [2.45, 2.75) is 31.4 Å². The van der Waals surface area contributed by atoms with Gasteiger partial charge < -0.3 is 15.1 Å². The second-order valence-electron chi connectivity index (χ2n) is 7.15. The lowest BCUT2D eigenvalue weighted by Gasteiger charge is -2.32. The smallest absolute Gasteiger partial charge is 0.269 e. The molecule has 0 spiro atoms. The molecule has 1 saturated heterocycles. The predicted octanol–water partition coefficient (Wildman–Crippen LogP) is 2.93. The molecule has 2 aliphatic rings. The zero-order valence-electron chi connectivity index (χ0n) is 15.6. The van der Waals surface area contributed by atoms with E-state index in [1.54, 1.807) is 0 Å². The van der Waals surface area contributed by atoms with Crippen molar-refractivity contribution in [3.8, 4) is 0 Å². The van der Waals surface area contributed by atoms with Gasteiger partial charge in [-0.15, -0.1) is 0 Å². The van der Waals surface area contributed by atoms with Crippen LogP contribution in [0.3, 0.4) is 0 Å². The zero-order chi connectivity index (χ0) is 19.3. The van der Waals surface area contributed by atoms with Crippen LogP contribution < -0.4 is 5.32 Å². The zero-order valence-corrected chi connectivity index (χ0v) is 15.6. The van der Waals surface area contributed by atoms with Gasteiger partial charge in [-0.05, 0) is 30.5 Å². The first-order chi connectivity index (χ1) is 13.7. The molecule has 2 amide bonds. The fraction of sp³-hybridized carbons (Fsp3) is 0.318. The number of hydrogen-bond acceptors (Lipinski definition) is 4. The molecule has 2 heterocycles. The van der Waals surface area contributed by atoms with Crippen LogP contribution in [0.4, 0.5) is 0 Å². The first kappa shape index (κ1) is 18.2. The molecule has 28 heavy (non-hydrogen) atoms. The molecule has 0 bridgehead atoms. The van der Waals surface area contributed by atoms with Gasteiger partial charge in [0.1, 0.15) is 5.71 Å². The summed E-state index contributed by atoms with van der Waals surface area (Å²) in [6.45, 7) is 1.27. The quantitative estimate of drug-likeness (QED) is 0.891. The number of hydrogen-bond donors (Lipinski definition) is 1. The molecule has 0 radical (unpaired) electrons. The van der Waals surface area contributed by atoms with Crippen molar-refractivity contribution in [2.24, 2.45) is 5.16 Å². The Hall–Kier alpha value is -3.15. The maximum atomic E-state index is 12.5. The number of nitrogens with zero attached hydrogens (tertiary/aromatic N) is 2. The van der Waals surface area contributed by atoms with Crippen LogP contribution in [0.2, 0.25) is 0 Å². The Morgan fingerprint density at radius 2 is 1.61 bits per heavy atom. The van der Waals surface area contributed by atoms with E-state index >= 15 is 0 Å². The highest BCUT2D eigenvalue weighted by Gasteiger charge is 2.30. The van der Waals surface area contributed by atoms with Crippen molar-refractivity contribution in [3.05, 3.63) is 71.8 Å². The van der Waals surface area contributed by atoms with Gasteiger partial charge in [0.05, 0.1) is 0 Å². The normalized spacial score (nSPS) is 19.6. The van der Waals surface area contributed by atoms with E-state index in [2.05, 4.69) is 10.5 Å². The minimum absolute atomic E-state index is 0.0460. The molecule has 0 saturated carbocycles. The molecule has 1 N–H and O–H groups in total. The predicted molar refractivity (Wildman–Crippen MR) is 106 cm³/mol. The standard InChI is InChI=1S/C22H23N3O3/c26-21(19-15-20(28-24-19)16-7-3-1-4-8-16)23-18-11-13-25(14-12-18)22(27)17-9-5-2-6-10-17/h1-10,18,20H,11-15H2,(H,23,26)/t20-/m0/s1. The molecule has 0 aliphatic carbocycles. The lowest BCUT2D eigenvalue weighted by atomic mass is 10.0. The van der Waals surface area contributed by atoms with Gasteiger partial charge in [0.15, 0.2) is 6.10 Å².